The molecule has 7 heteroatoms. The van der Waals surface area contributed by atoms with E-state index in [2.05, 4.69) is 10.4 Å². The molecule has 0 atom stereocenters. The summed E-state index contributed by atoms with van der Waals surface area (Å²) in [6.45, 7) is 0.681. The van der Waals surface area contributed by atoms with E-state index < -0.39 is 11.7 Å². The van der Waals surface area contributed by atoms with E-state index in [0.717, 1.165) is 23.3 Å². The van der Waals surface area contributed by atoms with Crippen molar-refractivity contribution in [3.63, 3.8) is 0 Å². The highest BCUT2D eigenvalue weighted by Gasteiger charge is 2.31. The molecular weight excluding hydrogens is 334 g/mol. The largest absolute Gasteiger partial charge is 0.416 e. The maximum atomic E-state index is 13.2. The van der Waals surface area contributed by atoms with Gasteiger partial charge < -0.3 is 5.32 Å². The Morgan fingerprint density at radius 1 is 1.04 bits per heavy atom. The normalized spacial score (nSPS) is 13.6. The number of hydrogen-bond donors (Lipinski definition) is 1. The Kier molecular flexibility index (Phi) is 3.52. The first-order valence-electron chi connectivity index (χ1n) is 7.73. The van der Waals surface area contributed by atoms with Crippen LogP contribution in [0.25, 0.3) is 16.9 Å². The number of nitrogens with one attached hydrogen (secondary N) is 1. The van der Waals surface area contributed by atoms with Gasteiger partial charge in [0.1, 0.15) is 11.6 Å². The molecule has 4 rings (SSSR count). The van der Waals surface area contributed by atoms with Crippen molar-refractivity contribution < 1.29 is 17.6 Å². The van der Waals surface area contributed by atoms with Gasteiger partial charge in [-0.25, -0.2) is 9.07 Å². The SMILES string of the molecule is Fc1ccc(-c2nn(-c3cccc(C(F)(F)F)c3)c3c2CCN3)cc1. The molecule has 2 heterocycles. The zero-order chi connectivity index (χ0) is 17.6. The van der Waals surface area contributed by atoms with E-state index in [0.29, 0.717) is 30.2 Å². The summed E-state index contributed by atoms with van der Waals surface area (Å²) in [5, 5.41) is 7.66. The number of halogens is 4. The summed E-state index contributed by atoms with van der Waals surface area (Å²) in [7, 11) is 0. The minimum atomic E-state index is -4.42. The van der Waals surface area contributed by atoms with Crippen LogP contribution in [0.5, 0.6) is 0 Å². The first kappa shape index (κ1) is 15.7. The molecule has 0 bridgehead atoms. The van der Waals surface area contributed by atoms with E-state index in [1.165, 1.54) is 22.9 Å². The summed E-state index contributed by atoms with van der Waals surface area (Å²) in [4.78, 5) is 0. The van der Waals surface area contributed by atoms with Crippen LogP contribution in [-0.2, 0) is 12.6 Å². The molecule has 25 heavy (non-hydrogen) atoms. The zero-order valence-corrected chi connectivity index (χ0v) is 12.9. The maximum absolute atomic E-state index is 13.2. The van der Waals surface area contributed by atoms with Gasteiger partial charge in [-0.2, -0.15) is 18.3 Å². The van der Waals surface area contributed by atoms with E-state index in [4.69, 9.17) is 0 Å². The Bertz CT molecular complexity index is 926. The molecule has 0 spiro atoms. The van der Waals surface area contributed by atoms with E-state index in [1.54, 1.807) is 18.2 Å². The van der Waals surface area contributed by atoms with Crippen LogP contribution in [0.4, 0.5) is 23.4 Å². The number of alkyl halides is 3. The lowest BCUT2D eigenvalue weighted by Gasteiger charge is -2.10. The number of hydrogen-bond acceptors (Lipinski definition) is 2. The predicted octanol–water partition coefficient (Wildman–Crippen LogP) is 4.67. The number of nitrogens with zero attached hydrogens (tertiary/aromatic N) is 2. The van der Waals surface area contributed by atoms with Crippen LogP contribution in [0.2, 0.25) is 0 Å². The van der Waals surface area contributed by atoms with Crippen LogP contribution >= 0.6 is 0 Å². The maximum Gasteiger partial charge on any atom is 0.416 e. The summed E-state index contributed by atoms with van der Waals surface area (Å²) in [6, 6.07) is 11.0. The van der Waals surface area contributed by atoms with Gasteiger partial charge in [0.15, 0.2) is 0 Å². The lowest BCUT2D eigenvalue weighted by Crippen LogP contribution is -2.08. The van der Waals surface area contributed by atoms with Crippen LogP contribution in [0.15, 0.2) is 48.5 Å². The van der Waals surface area contributed by atoms with Gasteiger partial charge in [0.2, 0.25) is 0 Å². The summed E-state index contributed by atoms with van der Waals surface area (Å²) >= 11 is 0. The van der Waals surface area contributed by atoms with Crippen LogP contribution in [-0.4, -0.2) is 16.3 Å². The van der Waals surface area contributed by atoms with Crippen LogP contribution < -0.4 is 5.32 Å². The average molecular weight is 347 g/mol. The Morgan fingerprint density at radius 3 is 2.52 bits per heavy atom. The van der Waals surface area contributed by atoms with Crippen molar-refractivity contribution in [3.8, 4) is 16.9 Å². The zero-order valence-electron chi connectivity index (χ0n) is 12.9. The molecule has 1 aliphatic rings. The molecule has 0 saturated carbocycles. The smallest absolute Gasteiger partial charge is 0.369 e. The van der Waals surface area contributed by atoms with Crippen molar-refractivity contribution in [2.45, 2.75) is 12.6 Å². The summed E-state index contributed by atoms with van der Waals surface area (Å²) in [5.41, 5.74) is 1.90. The highest BCUT2D eigenvalue weighted by Crippen LogP contribution is 2.36. The highest BCUT2D eigenvalue weighted by atomic mass is 19.4. The summed E-state index contributed by atoms with van der Waals surface area (Å²) in [6.07, 6.45) is -3.71. The number of anilines is 1. The third-order valence-corrected chi connectivity index (χ3v) is 4.19. The second-order valence-electron chi connectivity index (χ2n) is 5.82. The minimum absolute atomic E-state index is 0.328. The van der Waals surface area contributed by atoms with Crippen LogP contribution in [0, 0.1) is 5.82 Å². The second-order valence-corrected chi connectivity index (χ2v) is 5.82. The predicted molar refractivity (Wildman–Crippen MR) is 86.2 cm³/mol. The molecule has 0 fully saturated rings. The molecule has 0 aliphatic carbocycles. The van der Waals surface area contributed by atoms with Crippen LogP contribution in [0.1, 0.15) is 11.1 Å². The molecule has 0 unspecified atom stereocenters. The fraction of sp³-hybridized carbons (Fsp3) is 0.167. The van der Waals surface area contributed by atoms with Gasteiger partial charge in [-0.15, -0.1) is 0 Å². The third kappa shape index (κ3) is 2.75. The van der Waals surface area contributed by atoms with Crippen molar-refractivity contribution in [1.82, 2.24) is 9.78 Å². The number of fused-ring (bicyclic) bond motifs is 1. The van der Waals surface area contributed by atoms with Gasteiger partial charge in [-0.1, -0.05) is 6.07 Å². The molecule has 2 aromatic carbocycles. The lowest BCUT2D eigenvalue weighted by molar-refractivity contribution is -0.137. The van der Waals surface area contributed by atoms with Crippen molar-refractivity contribution in [3.05, 3.63) is 65.5 Å². The quantitative estimate of drug-likeness (QED) is 0.683. The van der Waals surface area contributed by atoms with Crippen LogP contribution in [0.3, 0.4) is 0 Å². The standard InChI is InChI=1S/C18H13F4N3/c19-13-6-4-11(5-7-13)16-15-8-9-23-17(15)25(24-16)14-3-1-2-12(10-14)18(20,21)22/h1-7,10,23H,8-9H2. The topological polar surface area (TPSA) is 29.9 Å². The van der Waals surface area contributed by atoms with Gasteiger partial charge in [0.05, 0.1) is 16.9 Å². The monoisotopic (exact) mass is 347 g/mol. The Labute approximate surface area is 140 Å². The summed E-state index contributed by atoms with van der Waals surface area (Å²) < 4.78 is 53.6. The molecule has 128 valence electrons. The second kappa shape index (κ2) is 5.61. The fourth-order valence-electron chi connectivity index (χ4n) is 3.02. The average Bonchev–Trinajstić information content (AvgIpc) is 3.17. The molecule has 3 aromatic rings. The number of aromatic nitrogens is 2. The first-order valence-corrected chi connectivity index (χ1v) is 7.73. The van der Waals surface area contributed by atoms with Gasteiger partial charge in [-0.05, 0) is 48.9 Å². The highest BCUT2D eigenvalue weighted by molar-refractivity contribution is 5.72. The van der Waals surface area contributed by atoms with Crippen molar-refractivity contribution in [1.29, 1.82) is 0 Å². The fourth-order valence-corrected chi connectivity index (χ4v) is 3.02. The van der Waals surface area contributed by atoms with Crippen molar-refractivity contribution >= 4 is 5.82 Å². The van der Waals surface area contributed by atoms with Gasteiger partial charge in [0, 0.05) is 17.7 Å². The Morgan fingerprint density at radius 2 is 1.80 bits per heavy atom. The Hall–Kier alpha value is -2.83. The Balaban J connectivity index is 1.85. The third-order valence-electron chi connectivity index (χ3n) is 4.19. The number of benzene rings is 2. The molecule has 0 amide bonds. The van der Waals surface area contributed by atoms with Crippen molar-refractivity contribution in [2.75, 3.05) is 11.9 Å². The van der Waals surface area contributed by atoms with Gasteiger partial charge in [-0.3, -0.25) is 0 Å². The first-order chi connectivity index (χ1) is 11.9. The molecule has 0 radical (unpaired) electrons. The summed E-state index contributed by atoms with van der Waals surface area (Å²) in [5.74, 6) is 0.328. The number of rotatable bonds is 2. The molecule has 1 aromatic heterocycles. The molecule has 1 N–H and O–H groups in total. The van der Waals surface area contributed by atoms with E-state index in [9.17, 15) is 17.6 Å². The van der Waals surface area contributed by atoms with E-state index in [-0.39, 0.29) is 5.82 Å². The minimum Gasteiger partial charge on any atom is -0.369 e. The van der Waals surface area contributed by atoms with Gasteiger partial charge in [0.25, 0.3) is 0 Å². The molecule has 1 aliphatic heterocycles. The van der Waals surface area contributed by atoms with Crippen molar-refractivity contribution in [2.24, 2.45) is 0 Å². The molecular formula is C18H13F4N3. The lowest BCUT2D eigenvalue weighted by atomic mass is 10.1. The van der Waals surface area contributed by atoms with Gasteiger partial charge >= 0.3 is 6.18 Å². The molecule has 0 saturated heterocycles. The molecule has 3 nitrogen and oxygen atoms in total. The van der Waals surface area contributed by atoms with E-state index in [1.807, 2.05) is 0 Å². The van der Waals surface area contributed by atoms with E-state index >= 15 is 0 Å².